The molecule has 3 amide bonds. The Balaban J connectivity index is 1.09. The molecule has 6 rings (SSSR count). The fraction of sp³-hybridized carbons (Fsp3) is 0.290. The number of esters is 1. The number of benzene rings is 3. The van der Waals surface area contributed by atoms with Crippen molar-refractivity contribution in [3.63, 3.8) is 0 Å². The summed E-state index contributed by atoms with van der Waals surface area (Å²) in [6.07, 6.45) is 1.84. The molecule has 3 aromatic carbocycles. The van der Waals surface area contributed by atoms with Crippen LogP contribution in [0.3, 0.4) is 0 Å². The number of imide groups is 1. The summed E-state index contributed by atoms with van der Waals surface area (Å²) in [7, 11) is 0. The molecule has 1 saturated heterocycles. The van der Waals surface area contributed by atoms with Gasteiger partial charge < -0.3 is 10.1 Å². The molecule has 3 aromatic rings. The van der Waals surface area contributed by atoms with Crippen molar-refractivity contribution in [2.24, 2.45) is 23.7 Å². The number of nitrogens with one attached hydrogen (secondary N) is 1. The Kier molecular flexibility index (Phi) is 7.00. The molecule has 204 valence electrons. The topological polar surface area (TPSA) is 92.8 Å². The highest BCUT2D eigenvalue weighted by Gasteiger charge is 2.64. The Hall–Kier alpha value is -3.49. The van der Waals surface area contributed by atoms with Crippen LogP contribution < -0.4 is 10.2 Å². The molecule has 0 aromatic heterocycles. The van der Waals surface area contributed by atoms with Crippen molar-refractivity contribution < 1.29 is 23.9 Å². The maximum Gasteiger partial charge on any atom is 0.338 e. The van der Waals surface area contributed by atoms with Gasteiger partial charge in [0.1, 0.15) is 0 Å². The number of carbonyl (C=O) groups is 4. The Morgan fingerprint density at radius 2 is 1.68 bits per heavy atom. The molecular weight excluding hydrogens is 596 g/mol. The third-order valence-corrected chi connectivity index (χ3v) is 9.93. The Labute approximate surface area is 245 Å². The Bertz CT molecular complexity index is 1530. The van der Waals surface area contributed by atoms with Gasteiger partial charge in [0.2, 0.25) is 11.8 Å². The van der Waals surface area contributed by atoms with E-state index in [1.54, 1.807) is 31.2 Å². The molecule has 1 N–H and O–H groups in total. The van der Waals surface area contributed by atoms with Crippen LogP contribution in [0, 0.1) is 30.6 Å². The number of halogens is 2. The molecule has 2 bridgehead atoms. The fourth-order valence-corrected chi connectivity index (χ4v) is 7.33. The molecule has 40 heavy (non-hydrogen) atoms. The van der Waals surface area contributed by atoms with Crippen LogP contribution in [0.1, 0.15) is 40.2 Å². The van der Waals surface area contributed by atoms with Crippen molar-refractivity contribution in [1.29, 1.82) is 0 Å². The second-order valence-electron chi connectivity index (χ2n) is 10.7. The summed E-state index contributed by atoms with van der Waals surface area (Å²) in [4.78, 5) is 53.1. The summed E-state index contributed by atoms with van der Waals surface area (Å²) in [6, 6.07) is 19.8. The van der Waals surface area contributed by atoms with E-state index >= 15 is 0 Å². The monoisotopic (exact) mass is 620 g/mol. The molecule has 2 saturated carbocycles. The third kappa shape index (κ3) is 4.53. The van der Waals surface area contributed by atoms with Crippen LogP contribution in [-0.2, 0) is 19.1 Å². The first-order valence-electron chi connectivity index (χ1n) is 13.2. The molecule has 5 atom stereocenters. The third-order valence-electron chi connectivity index (χ3n) is 8.55. The molecule has 0 unspecified atom stereocenters. The van der Waals surface area contributed by atoms with Crippen LogP contribution in [0.25, 0.3) is 0 Å². The van der Waals surface area contributed by atoms with Gasteiger partial charge in [-0.2, -0.15) is 0 Å². The zero-order chi connectivity index (χ0) is 28.1. The van der Waals surface area contributed by atoms with Crippen LogP contribution in [0.15, 0.2) is 71.2 Å². The summed E-state index contributed by atoms with van der Waals surface area (Å²) in [6.45, 7) is 1.29. The first-order valence-corrected chi connectivity index (χ1v) is 14.4. The molecule has 0 radical (unpaired) electrons. The normalized spacial score (nSPS) is 24.8. The smallest absolute Gasteiger partial charge is 0.338 e. The Morgan fingerprint density at radius 3 is 2.40 bits per heavy atom. The minimum atomic E-state index is -0.688. The lowest BCUT2D eigenvalue weighted by molar-refractivity contribution is -0.123. The van der Waals surface area contributed by atoms with E-state index < -0.39 is 18.5 Å². The Morgan fingerprint density at radius 1 is 0.975 bits per heavy atom. The van der Waals surface area contributed by atoms with Gasteiger partial charge in [0, 0.05) is 10.2 Å². The van der Waals surface area contributed by atoms with Gasteiger partial charge in [-0.15, -0.1) is 0 Å². The molecule has 1 heterocycles. The summed E-state index contributed by atoms with van der Waals surface area (Å²) in [5.74, 6) is -1.41. The second kappa shape index (κ2) is 10.5. The van der Waals surface area contributed by atoms with Gasteiger partial charge in [0.05, 0.1) is 28.1 Å². The number of hydrogen-bond acceptors (Lipinski definition) is 5. The maximum absolute atomic E-state index is 13.5. The highest BCUT2D eigenvalue weighted by Crippen LogP contribution is 2.61. The summed E-state index contributed by atoms with van der Waals surface area (Å²) >= 11 is 9.53. The number of carbonyl (C=O) groups excluding carboxylic acids is 4. The van der Waals surface area contributed by atoms with Crippen molar-refractivity contribution in [2.75, 3.05) is 16.8 Å². The first-order chi connectivity index (χ1) is 19.2. The van der Waals surface area contributed by atoms with Crippen LogP contribution in [0.5, 0.6) is 0 Å². The molecule has 2 aliphatic carbocycles. The highest BCUT2D eigenvalue weighted by atomic mass is 79.9. The summed E-state index contributed by atoms with van der Waals surface area (Å²) in [5.41, 5.74) is 3.09. The van der Waals surface area contributed by atoms with Crippen LogP contribution >= 0.6 is 27.5 Å². The number of hydrogen-bond donors (Lipinski definition) is 1. The number of rotatable bonds is 6. The van der Waals surface area contributed by atoms with E-state index in [1.807, 2.05) is 18.2 Å². The van der Waals surface area contributed by atoms with Gasteiger partial charge in [-0.05, 0) is 101 Å². The number of nitrogens with zero attached hydrogens (tertiary/aromatic N) is 1. The van der Waals surface area contributed by atoms with Crippen molar-refractivity contribution in [3.05, 3.63) is 92.9 Å². The lowest BCUT2D eigenvalue weighted by Crippen LogP contribution is -2.33. The predicted octanol–water partition coefficient (Wildman–Crippen LogP) is 6.14. The van der Waals surface area contributed by atoms with E-state index in [0.29, 0.717) is 32.4 Å². The lowest BCUT2D eigenvalue weighted by Gasteiger charge is -2.28. The number of ether oxygens (including phenoxy) is 1. The van der Waals surface area contributed by atoms with E-state index in [9.17, 15) is 19.2 Å². The molecule has 9 heteroatoms. The number of fused-ring (bicyclic) bond motifs is 5. The zero-order valence-electron chi connectivity index (χ0n) is 21.6. The molecule has 7 nitrogen and oxygen atoms in total. The van der Waals surface area contributed by atoms with Gasteiger partial charge in [-0.1, -0.05) is 41.9 Å². The van der Waals surface area contributed by atoms with Crippen molar-refractivity contribution >= 4 is 62.6 Å². The van der Waals surface area contributed by atoms with E-state index in [-0.39, 0.29) is 41.0 Å². The number of anilines is 2. The summed E-state index contributed by atoms with van der Waals surface area (Å²) in [5, 5.41) is 3.17. The van der Waals surface area contributed by atoms with Gasteiger partial charge in [0.15, 0.2) is 6.61 Å². The standard InChI is InChI=1S/C31H26BrClN2O5/c1-16-24(12-11-23(32)28(16)33)34-25(36)15-40-31(39)18-7-9-20(10-8-18)35-29(37)26-19-13-21(17-5-3-2-4-6-17)22(14-19)27(26)30(35)38/h2-12,19,21-22,26-27H,13-15H2,1H3,(H,34,36)/t19-,21-,22+,26+,27+/m0/s1. The fourth-order valence-electron chi connectivity index (χ4n) is 6.73. The average molecular weight is 622 g/mol. The molecule has 3 aliphatic rings. The minimum Gasteiger partial charge on any atom is -0.452 e. The van der Waals surface area contributed by atoms with Gasteiger partial charge in [-0.3, -0.25) is 19.3 Å². The van der Waals surface area contributed by atoms with Gasteiger partial charge in [-0.25, -0.2) is 4.79 Å². The molecular formula is C31H26BrClN2O5. The maximum atomic E-state index is 13.5. The zero-order valence-corrected chi connectivity index (χ0v) is 23.9. The quantitative estimate of drug-likeness (QED) is 0.264. The van der Waals surface area contributed by atoms with Crippen molar-refractivity contribution in [1.82, 2.24) is 0 Å². The van der Waals surface area contributed by atoms with Crippen molar-refractivity contribution in [2.45, 2.75) is 25.7 Å². The molecule has 1 aliphatic heterocycles. The second-order valence-corrected chi connectivity index (χ2v) is 11.9. The molecule has 3 fully saturated rings. The van der Waals surface area contributed by atoms with E-state index in [0.717, 1.165) is 12.8 Å². The van der Waals surface area contributed by atoms with Gasteiger partial charge in [0.25, 0.3) is 5.91 Å². The van der Waals surface area contributed by atoms with Crippen LogP contribution in [0.2, 0.25) is 5.02 Å². The average Bonchev–Trinajstić information content (AvgIpc) is 3.64. The number of amides is 3. The predicted molar refractivity (Wildman–Crippen MR) is 154 cm³/mol. The van der Waals surface area contributed by atoms with E-state index in [2.05, 4.69) is 33.4 Å². The largest absolute Gasteiger partial charge is 0.452 e. The van der Waals surface area contributed by atoms with E-state index in [1.165, 1.54) is 22.6 Å². The summed E-state index contributed by atoms with van der Waals surface area (Å²) < 4.78 is 5.89. The van der Waals surface area contributed by atoms with Crippen LogP contribution in [-0.4, -0.2) is 30.3 Å². The lowest BCUT2D eigenvalue weighted by atomic mass is 9.73. The van der Waals surface area contributed by atoms with Crippen LogP contribution in [0.4, 0.5) is 11.4 Å². The minimum absolute atomic E-state index is 0.149. The molecule has 0 spiro atoms. The first kappa shape index (κ1) is 26.7. The highest BCUT2D eigenvalue weighted by molar-refractivity contribution is 9.10. The SMILES string of the molecule is Cc1c(NC(=O)COC(=O)c2ccc(N3C(=O)[C@@H]4[C@@H]5C[C@@H]([C@H]4C3=O)[C@H](c3ccccc3)C5)cc2)ccc(Br)c1Cl. The van der Waals surface area contributed by atoms with Crippen molar-refractivity contribution in [3.8, 4) is 0 Å². The van der Waals surface area contributed by atoms with E-state index in [4.69, 9.17) is 16.3 Å². The van der Waals surface area contributed by atoms with Gasteiger partial charge >= 0.3 is 5.97 Å².